The molecule has 0 radical (unpaired) electrons. The van der Waals surface area contributed by atoms with E-state index in [-0.39, 0.29) is 12.5 Å². The molecule has 7 heteroatoms. The molecule has 0 N–H and O–H groups in total. The maximum atomic E-state index is 13.5. The number of rotatable bonds is 5. The molecule has 0 saturated heterocycles. The molecule has 2 aromatic carbocycles. The molecule has 0 fully saturated rings. The van der Waals surface area contributed by atoms with E-state index in [0.29, 0.717) is 18.1 Å². The van der Waals surface area contributed by atoms with Crippen LogP contribution in [-0.2, 0) is 10.3 Å². The molecule has 0 aliphatic carbocycles. The summed E-state index contributed by atoms with van der Waals surface area (Å²) in [5, 5.41) is 0. The van der Waals surface area contributed by atoms with Crippen LogP contribution in [0.25, 0.3) is 11.1 Å². The number of fused-ring (bicyclic) bond motifs is 3. The molecule has 0 bridgehead atoms. The fourth-order valence-corrected chi connectivity index (χ4v) is 6.95. The summed E-state index contributed by atoms with van der Waals surface area (Å²) < 4.78 is 12.5. The number of amides is 1. The van der Waals surface area contributed by atoms with Gasteiger partial charge in [0.2, 0.25) is 0 Å². The molecule has 0 atom stereocenters. The first-order chi connectivity index (χ1) is 13.9. The van der Waals surface area contributed by atoms with Gasteiger partial charge < -0.3 is 9.47 Å². The van der Waals surface area contributed by atoms with Crippen LogP contribution in [0.4, 0.5) is 5.69 Å². The van der Waals surface area contributed by atoms with E-state index in [9.17, 15) is 4.79 Å². The minimum absolute atomic E-state index is 0.0573. The lowest BCUT2D eigenvalue weighted by atomic mass is 9.87. The van der Waals surface area contributed by atoms with Crippen LogP contribution in [0.15, 0.2) is 48.5 Å². The molecule has 1 amide bonds. The van der Waals surface area contributed by atoms with Gasteiger partial charge in [-0.1, -0.05) is 63.2 Å². The number of anilines is 1. The smallest absolute Gasteiger partial charge is 0.265 e. The maximum absolute atomic E-state index is 13.5. The van der Waals surface area contributed by atoms with Crippen LogP contribution < -0.4 is 14.4 Å². The van der Waals surface area contributed by atoms with Crippen molar-refractivity contribution in [3.63, 3.8) is 0 Å². The number of carbonyl (C=O) groups excluding carboxylic acids is 1. The van der Waals surface area contributed by atoms with Crippen LogP contribution >= 0.6 is 32.9 Å². The van der Waals surface area contributed by atoms with Gasteiger partial charge in [0.25, 0.3) is 5.91 Å². The number of hydrogen-bond donors (Lipinski definition) is 0. The first kappa shape index (κ1) is 20.1. The third-order valence-electron chi connectivity index (χ3n) is 4.89. The molecule has 1 aliphatic heterocycles. The fourth-order valence-electron chi connectivity index (χ4n) is 3.67. The summed E-state index contributed by atoms with van der Waals surface area (Å²) in [7, 11) is 3.22. The van der Waals surface area contributed by atoms with Gasteiger partial charge >= 0.3 is 0 Å². The number of carbonyl (C=O) groups is 1. The molecule has 1 aliphatic rings. The first-order valence-electron chi connectivity index (χ1n) is 9.35. The SMILES string of the molecule is CCOc1cccc2c1N(C(=O)COc1ccccc1)C(C)(C)c1ssc(=S)c1-2. The van der Waals surface area contributed by atoms with Crippen molar-refractivity contribution in [2.45, 2.75) is 26.3 Å². The summed E-state index contributed by atoms with van der Waals surface area (Å²) in [5.74, 6) is 1.23. The molecular weight excluding hydrogens is 422 g/mol. The van der Waals surface area contributed by atoms with Crippen LogP contribution in [0.3, 0.4) is 0 Å². The van der Waals surface area contributed by atoms with Crippen LogP contribution in [0.2, 0.25) is 0 Å². The molecule has 0 saturated carbocycles. The van der Waals surface area contributed by atoms with E-state index >= 15 is 0 Å². The van der Waals surface area contributed by atoms with E-state index in [1.807, 2.05) is 60.4 Å². The van der Waals surface area contributed by atoms with Gasteiger partial charge in [-0.2, -0.15) is 0 Å². The number of para-hydroxylation sites is 2. The third-order valence-corrected chi connectivity index (χ3v) is 8.22. The molecule has 150 valence electrons. The fraction of sp³-hybridized carbons (Fsp3) is 0.273. The van der Waals surface area contributed by atoms with E-state index < -0.39 is 5.54 Å². The molecule has 0 unspecified atom stereocenters. The third kappa shape index (κ3) is 3.47. The van der Waals surface area contributed by atoms with Crippen molar-refractivity contribution in [3.8, 4) is 22.6 Å². The quantitative estimate of drug-likeness (QED) is 0.344. The molecule has 4 rings (SSSR count). The lowest BCUT2D eigenvalue weighted by Gasteiger charge is -2.43. The summed E-state index contributed by atoms with van der Waals surface area (Å²) >= 11 is 5.64. The van der Waals surface area contributed by atoms with Crippen LogP contribution in [0, 0.1) is 3.82 Å². The number of benzene rings is 2. The molecule has 4 nitrogen and oxygen atoms in total. The zero-order chi connectivity index (χ0) is 20.6. The highest BCUT2D eigenvalue weighted by Gasteiger charge is 2.44. The molecule has 3 aromatic rings. The monoisotopic (exact) mass is 443 g/mol. The Morgan fingerprint density at radius 3 is 2.55 bits per heavy atom. The topological polar surface area (TPSA) is 38.8 Å². The molecule has 2 heterocycles. The highest BCUT2D eigenvalue weighted by Crippen LogP contribution is 2.54. The average molecular weight is 444 g/mol. The number of hydrogen-bond acceptors (Lipinski definition) is 6. The van der Waals surface area contributed by atoms with Crippen molar-refractivity contribution in [3.05, 3.63) is 57.2 Å². The second-order valence-corrected chi connectivity index (χ2v) is 9.95. The Labute approximate surface area is 182 Å². The largest absolute Gasteiger partial charge is 0.492 e. The highest BCUT2D eigenvalue weighted by molar-refractivity contribution is 7.80. The predicted octanol–water partition coefficient (Wildman–Crippen LogP) is 6.27. The molecule has 1 aromatic heterocycles. The minimum Gasteiger partial charge on any atom is -0.492 e. The number of ether oxygens (including phenoxy) is 2. The van der Waals surface area contributed by atoms with Crippen molar-refractivity contribution in [2.75, 3.05) is 18.1 Å². The van der Waals surface area contributed by atoms with E-state index in [1.165, 1.54) is 0 Å². The Hall–Kier alpha value is -2.22. The van der Waals surface area contributed by atoms with Gasteiger partial charge in [0.15, 0.2) is 6.61 Å². The van der Waals surface area contributed by atoms with Crippen molar-refractivity contribution in [1.29, 1.82) is 0 Å². The van der Waals surface area contributed by atoms with Gasteiger partial charge in [-0.15, -0.1) is 0 Å². The Balaban J connectivity index is 1.81. The molecular formula is C22H21NO3S3. The summed E-state index contributed by atoms with van der Waals surface area (Å²) in [6.07, 6.45) is 0. The minimum atomic E-state index is -0.565. The van der Waals surface area contributed by atoms with Gasteiger partial charge in [-0.3, -0.25) is 9.69 Å². The van der Waals surface area contributed by atoms with E-state index in [1.54, 1.807) is 20.7 Å². The van der Waals surface area contributed by atoms with Crippen LogP contribution in [-0.4, -0.2) is 19.1 Å². The summed E-state index contributed by atoms with van der Waals surface area (Å²) in [6, 6.07) is 15.2. The lowest BCUT2D eigenvalue weighted by Crippen LogP contribution is -2.49. The van der Waals surface area contributed by atoms with E-state index in [2.05, 4.69) is 13.8 Å². The highest BCUT2D eigenvalue weighted by atomic mass is 32.9. The van der Waals surface area contributed by atoms with Gasteiger partial charge in [-0.05, 0) is 39.0 Å². The Bertz CT molecular complexity index is 1100. The Morgan fingerprint density at radius 2 is 1.83 bits per heavy atom. The van der Waals surface area contributed by atoms with Crippen molar-refractivity contribution in [1.82, 2.24) is 0 Å². The first-order valence-corrected chi connectivity index (χ1v) is 11.9. The predicted molar refractivity (Wildman–Crippen MR) is 122 cm³/mol. The zero-order valence-corrected chi connectivity index (χ0v) is 18.9. The van der Waals surface area contributed by atoms with Crippen LogP contribution in [0.5, 0.6) is 11.5 Å². The van der Waals surface area contributed by atoms with Crippen molar-refractivity contribution in [2.24, 2.45) is 0 Å². The Kier molecular flexibility index (Phi) is 5.46. The Morgan fingerprint density at radius 1 is 1.07 bits per heavy atom. The second kappa shape index (κ2) is 7.89. The molecule has 29 heavy (non-hydrogen) atoms. The lowest BCUT2D eigenvalue weighted by molar-refractivity contribution is -0.121. The number of nitrogens with zero attached hydrogens (tertiary/aromatic N) is 1. The molecule has 0 spiro atoms. The average Bonchev–Trinajstić information content (AvgIpc) is 3.11. The van der Waals surface area contributed by atoms with Crippen molar-refractivity contribution < 1.29 is 14.3 Å². The van der Waals surface area contributed by atoms with E-state index in [4.69, 9.17) is 21.7 Å². The normalized spacial score (nSPS) is 14.1. The van der Waals surface area contributed by atoms with Gasteiger partial charge in [0.05, 0.1) is 22.7 Å². The second-order valence-electron chi connectivity index (χ2n) is 7.13. The van der Waals surface area contributed by atoms with E-state index in [0.717, 1.165) is 25.5 Å². The summed E-state index contributed by atoms with van der Waals surface area (Å²) in [6.45, 7) is 6.50. The van der Waals surface area contributed by atoms with Crippen LogP contribution in [0.1, 0.15) is 25.6 Å². The van der Waals surface area contributed by atoms with Gasteiger partial charge in [-0.25, -0.2) is 0 Å². The van der Waals surface area contributed by atoms with Gasteiger partial charge in [0.1, 0.15) is 15.3 Å². The summed E-state index contributed by atoms with van der Waals surface area (Å²) in [5.41, 5.74) is 2.20. The van der Waals surface area contributed by atoms with Crippen molar-refractivity contribution >= 4 is 44.5 Å². The maximum Gasteiger partial charge on any atom is 0.265 e. The summed E-state index contributed by atoms with van der Waals surface area (Å²) in [4.78, 5) is 16.4. The zero-order valence-electron chi connectivity index (χ0n) is 16.4. The standard InChI is InChI=1S/C22H21NO3S3/c1-4-25-16-12-8-11-15-18-20(28-29-21(18)27)22(2,3)23(19(15)16)17(24)13-26-14-9-6-5-7-10-14/h5-12H,4,13H2,1-3H3. The van der Waals surface area contributed by atoms with Gasteiger partial charge in [0, 0.05) is 11.1 Å².